The highest BCUT2D eigenvalue weighted by Gasteiger charge is 2.09. The Labute approximate surface area is 136 Å². The third-order valence-electron chi connectivity index (χ3n) is 3.19. The standard InChI is InChI=1S/C18H12O4S/c1-3-17(19)21-11-5-7-13-14-8-6-12(22-18(20)4-2)10-16(14)23-15(13)9-11/h3-10H,1-2H2. The molecule has 2 aromatic carbocycles. The maximum Gasteiger partial charge on any atom is 0.335 e. The Bertz CT molecular complexity index is 876. The summed E-state index contributed by atoms with van der Waals surface area (Å²) in [7, 11) is 0. The Kier molecular flexibility index (Phi) is 3.95. The second-order valence-corrected chi connectivity index (χ2v) is 5.75. The smallest absolute Gasteiger partial charge is 0.335 e. The van der Waals surface area contributed by atoms with Crippen LogP contribution in [0.3, 0.4) is 0 Å². The van der Waals surface area contributed by atoms with Crippen LogP contribution in [-0.2, 0) is 9.59 Å². The molecule has 5 heteroatoms. The molecule has 0 atom stereocenters. The van der Waals surface area contributed by atoms with E-state index in [2.05, 4.69) is 13.2 Å². The zero-order valence-corrected chi connectivity index (χ0v) is 12.9. The van der Waals surface area contributed by atoms with Crippen LogP contribution in [0, 0.1) is 0 Å². The first-order chi connectivity index (χ1) is 11.1. The quantitative estimate of drug-likeness (QED) is 0.409. The van der Waals surface area contributed by atoms with Gasteiger partial charge in [-0.15, -0.1) is 11.3 Å². The van der Waals surface area contributed by atoms with Gasteiger partial charge in [-0.25, -0.2) is 9.59 Å². The predicted octanol–water partition coefficient (Wildman–Crippen LogP) is 4.24. The molecule has 0 saturated carbocycles. The summed E-state index contributed by atoms with van der Waals surface area (Å²) >= 11 is 1.53. The summed E-state index contributed by atoms with van der Waals surface area (Å²) in [6.07, 6.45) is 2.24. The molecule has 0 N–H and O–H groups in total. The van der Waals surface area contributed by atoms with Crippen LogP contribution >= 0.6 is 11.3 Å². The van der Waals surface area contributed by atoms with Gasteiger partial charge in [-0.2, -0.15) is 0 Å². The third-order valence-corrected chi connectivity index (χ3v) is 4.30. The lowest BCUT2D eigenvalue weighted by atomic mass is 10.1. The maximum absolute atomic E-state index is 11.3. The summed E-state index contributed by atoms with van der Waals surface area (Å²) in [5.41, 5.74) is 0. The minimum atomic E-state index is -0.496. The van der Waals surface area contributed by atoms with Crippen LogP contribution in [0.5, 0.6) is 11.5 Å². The van der Waals surface area contributed by atoms with E-state index >= 15 is 0 Å². The molecule has 0 bridgehead atoms. The van der Waals surface area contributed by atoms with Gasteiger partial charge in [-0.1, -0.05) is 13.2 Å². The molecule has 1 aromatic heterocycles. The van der Waals surface area contributed by atoms with E-state index in [1.165, 1.54) is 11.3 Å². The Morgan fingerprint density at radius 1 is 0.826 bits per heavy atom. The van der Waals surface area contributed by atoms with Crippen molar-refractivity contribution in [3.8, 4) is 11.5 Å². The number of esters is 2. The van der Waals surface area contributed by atoms with E-state index in [-0.39, 0.29) is 0 Å². The molecule has 1 heterocycles. The van der Waals surface area contributed by atoms with Crippen LogP contribution < -0.4 is 9.47 Å². The number of hydrogen-bond donors (Lipinski definition) is 0. The lowest BCUT2D eigenvalue weighted by Crippen LogP contribution is -2.02. The zero-order valence-electron chi connectivity index (χ0n) is 12.1. The van der Waals surface area contributed by atoms with Crippen molar-refractivity contribution in [3.05, 3.63) is 61.7 Å². The molecule has 4 nitrogen and oxygen atoms in total. The lowest BCUT2D eigenvalue weighted by Gasteiger charge is -2.01. The zero-order chi connectivity index (χ0) is 16.4. The summed E-state index contributed by atoms with van der Waals surface area (Å²) in [5, 5.41) is 2.09. The van der Waals surface area contributed by atoms with Crippen molar-refractivity contribution in [2.24, 2.45) is 0 Å². The molecule has 114 valence electrons. The normalized spacial score (nSPS) is 10.4. The van der Waals surface area contributed by atoms with E-state index in [1.54, 1.807) is 24.3 Å². The fraction of sp³-hybridized carbons (Fsp3) is 0. The fourth-order valence-corrected chi connectivity index (χ4v) is 3.34. The Morgan fingerprint density at radius 2 is 1.26 bits per heavy atom. The molecule has 0 aliphatic heterocycles. The number of fused-ring (bicyclic) bond motifs is 3. The van der Waals surface area contributed by atoms with E-state index in [4.69, 9.17) is 9.47 Å². The summed E-state index contributed by atoms with van der Waals surface area (Å²) < 4.78 is 12.2. The van der Waals surface area contributed by atoms with Crippen LogP contribution in [0.15, 0.2) is 61.7 Å². The van der Waals surface area contributed by atoms with E-state index in [9.17, 15) is 9.59 Å². The molecule has 0 amide bonds. The van der Waals surface area contributed by atoms with Crippen molar-refractivity contribution in [3.63, 3.8) is 0 Å². The molecule has 3 rings (SSSR count). The van der Waals surface area contributed by atoms with Crippen LogP contribution in [0.25, 0.3) is 20.2 Å². The fourth-order valence-electron chi connectivity index (χ4n) is 2.18. The van der Waals surface area contributed by atoms with Crippen molar-refractivity contribution < 1.29 is 19.1 Å². The van der Waals surface area contributed by atoms with Gasteiger partial charge in [0, 0.05) is 32.3 Å². The molecule has 0 fully saturated rings. The average Bonchev–Trinajstić information content (AvgIpc) is 2.91. The van der Waals surface area contributed by atoms with Crippen LogP contribution in [0.2, 0.25) is 0 Å². The molecule has 0 aliphatic rings. The maximum atomic E-state index is 11.3. The van der Waals surface area contributed by atoms with Gasteiger partial charge in [-0.05, 0) is 36.4 Å². The Hall–Kier alpha value is -2.92. The van der Waals surface area contributed by atoms with Gasteiger partial charge >= 0.3 is 11.9 Å². The highest BCUT2D eigenvalue weighted by Crippen LogP contribution is 2.37. The molecular weight excluding hydrogens is 312 g/mol. The van der Waals surface area contributed by atoms with Gasteiger partial charge < -0.3 is 9.47 Å². The number of hydrogen-bond acceptors (Lipinski definition) is 5. The minimum Gasteiger partial charge on any atom is -0.423 e. The molecule has 3 aromatic rings. The second kappa shape index (κ2) is 6.06. The molecular formula is C18H12O4S. The first-order valence-corrected chi connectivity index (χ1v) is 7.57. The molecule has 0 spiro atoms. The Balaban J connectivity index is 2.02. The summed E-state index contributed by atoms with van der Waals surface area (Å²) in [6, 6.07) is 10.9. The van der Waals surface area contributed by atoms with Gasteiger partial charge in [-0.3, -0.25) is 0 Å². The third kappa shape index (κ3) is 3.00. The van der Waals surface area contributed by atoms with E-state index < -0.39 is 11.9 Å². The van der Waals surface area contributed by atoms with Gasteiger partial charge in [0.25, 0.3) is 0 Å². The first-order valence-electron chi connectivity index (χ1n) is 6.75. The van der Waals surface area contributed by atoms with Gasteiger partial charge in [0.05, 0.1) is 0 Å². The van der Waals surface area contributed by atoms with Gasteiger partial charge in [0.1, 0.15) is 11.5 Å². The first kappa shape index (κ1) is 15.0. The van der Waals surface area contributed by atoms with Crippen LogP contribution in [0.4, 0.5) is 0 Å². The number of rotatable bonds is 4. The molecule has 23 heavy (non-hydrogen) atoms. The van der Waals surface area contributed by atoms with Crippen molar-refractivity contribution in [2.45, 2.75) is 0 Å². The predicted molar refractivity (Wildman–Crippen MR) is 91.0 cm³/mol. The molecule has 0 saturated heterocycles. The summed E-state index contributed by atoms with van der Waals surface area (Å²) in [5.74, 6) is -0.0623. The largest absolute Gasteiger partial charge is 0.423 e. The van der Waals surface area contributed by atoms with Crippen molar-refractivity contribution >= 4 is 43.4 Å². The summed E-state index contributed by atoms with van der Waals surface area (Å²) in [6.45, 7) is 6.75. The van der Waals surface area contributed by atoms with Crippen LogP contribution in [0.1, 0.15) is 0 Å². The van der Waals surface area contributed by atoms with Crippen molar-refractivity contribution in [1.29, 1.82) is 0 Å². The van der Waals surface area contributed by atoms with E-state index in [0.717, 1.165) is 32.3 Å². The van der Waals surface area contributed by atoms with E-state index in [0.29, 0.717) is 11.5 Å². The topological polar surface area (TPSA) is 52.6 Å². The number of carbonyl (C=O) groups excluding carboxylic acids is 2. The monoisotopic (exact) mass is 324 g/mol. The summed E-state index contributed by atoms with van der Waals surface area (Å²) in [4.78, 5) is 22.5. The SMILES string of the molecule is C=CC(=O)Oc1ccc2c(c1)sc1cc(OC(=O)C=C)ccc12. The Morgan fingerprint density at radius 3 is 1.65 bits per heavy atom. The van der Waals surface area contributed by atoms with Gasteiger partial charge in [0.2, 0.25) is 0 Å². The second-order valence-electron chi connectivity index (χ2n) is 4.67. The van der Waals surface area contributed by atoms with Crippen LogP contribution in [-0.4, -0.2) is 11.9 Å². The van der Waals surface area contributed by atoms with E-state index in [1.807, 2.05) is 12.1 Å². The highest BCUT2D eigenvalue weighted by atomic mass is 32.1. The lowest BCUT2D eigenvalue weighted by molar-refractivity contribution is -0.129. The molecule has 0 unspecified atom stereocenters. The number of benzene rings is 2. The van der Waals surface area contributed by atoms with Crippen molar-refractivity contribution in [2.75, 3.05) is 0 Å². The number of carbonyl (C=O) groups is 2. The number of thiophene rings is 1. The average molecular weight is 324 g/mol. The minimum absolute atomic E-state index is 0.465. The van der Waals surface area contributed by atoms with Gasteiger partial charge in [0.15, 0.2) is 0 Å². The number of ether oxygens (including phenoxy) is 2. The highest BCUT2D eigenvalue weighted by molar-refractivity contribution is 7.25. The molecule has 0 radical (unpaired) electrons. The molecule has 0 aliphatic carbocycles. The van der Waals surface area contributed by atoms with Crippen molar-refractivity contribution in [1.82, 2.24) is 0 Å².